The van der Waals surface area contributed by atoms with E-state index in [4.69, 9.17) is 16.3 Å². The third-order valence-corrected chi connectivity index (χ3v) is 4.47. The largest absolute Gasteiger partial charge is 0.493 e. The number of rotatable bonds is 2. The van der Waals surface area contributed by atoms with E-state index in [-0.39, 0.29) is 4.83 Å². The molecule has 0 bridgehead atoms. The molecule has 0 spiro atoms. The van der Waals surface area contributed by atoms with Gasteiger partial charge in [0.15, 0.2) is 0 Å². The van der Waals surface area contributed by atoms with E-state index in [0.717, 1.165) is 29.4 Å². The zero-order chi connectivity index (χ0) is 14.3. The lowest BCUT2D eigenvalue weighted by molar-refractivity contribution is 0.354. The third-order valence-electron chi connectivity index (χ3n) is 3.23. The Labute approximate surface area is 128 Å². The van der Waals surface area contributed by atoms with Crippen molar-refractivity contribution in [1.29, 1.82) is 0 Å². The summed E-state index contributed by atoms with van der Waals surface area (Å²) in [6.07, 6.45) is 0.792. The minimum Gasteiger partial charge on any atom is -0.493 e. The number of hydrogen-bond acceptors (Lipinski definition) is 1. The molecule has 0 amide bonds. The highest BCUT2D eigenvalue weighted by molar-refractivity contribution is 9.09. The number of alkyl halides is 1. The van der Waals surface area contributed by atoms with Gasteiger partial charge in [-0.25, -0.2) is 8.78 Å². The molecule has 0 aliphatic carbocycles. The molecule has 0 saturated carbocycles. The number of fused-ring (bicyclic) bond motifs is 1. The zero-order valence-electron chi connectivity index (χ0n) is 10.3. The average Bonchev–Trinajstić information content (AvgIpc) is 2.83. The van der Waals surface area contributed by atoms with Crippen molar-refractivity contribution in [3.63, 3.8) is 0 Å². The van der Waals surface area contributed by atoms with Gasteiger partial charge in [0.1, 0.15) is 17.4 Å². The van der Waals surface area contributed by atoms with Crippen molar-refractivity contribution in [3.8, 4) is 5.75 Å². The zero-order valence-corrected chi connectivity index (χ0v) is 12.6. The molecule has 1 atom stereocenters. The van der Waals surface area contributed by atoms with Crippen LogP contribution in [0.1, 0.15) is 21.5 Å². The van der Waals surface area contributed by atoms with Gasteiger partial charge in [-0.2, -0.15) is 0 Å². The van der Waals surface area contributed by atoms with E-state index < -0.39 is 11.6 Å². The van der Waals surface area contributed by atoms with Crippen molar-refractivity contribution < 1.29 is 13.5 Å². The molecule has 5 heteroatoms. The molecule has 0 saturated heterocycles. The maximum atomic E-state index is 13.3. The highest BCUT2D eigenvalue weighted by Gasteiger charge is 2.23. The summed E-state index contributed by atoms with van der Waals surface area (Å²) < 4.78 is 32.3. The van der Waals surface area contributed by atoms with Gasteiger partial charge in [-0.05, 0) is 35.4 Å². The molecule has 2 aromatic rings. The molecular formula is C15H10BrClF2O. The monoisotopic (exact) mass is 358 g/mol. The van der Waals surface area contributed by atoms with Crippen LogP contribution in [0.2, 0.25) is 5.02 Å². The van der Waals surface area contributed by atoms with Crippen molar-refractivity contribution in [2.45, 2.75) is 11.2 Å². The molecule has 1 aliphatic heterocycles. The molecular weight excluding hydrogens is 350 g/mol. The molecule has 3 rings (SSSR count). The van der Waals surface area contributed by atoms with Crippen LogP contribution >= 0.6 is 27.5 Å². The maximum Gasteiger partial charge on any atom is 0.127 e. The van der Waals surface area contributed by atoms with Gasteiger partial charge in [-0.15, -0.1) is 0 Å². The molecule has 0 N–H and O–H groups in total. The Morgan fingerprint density at radius 3 is 2.50 bits per heavy atom. The Morgan fingerprint density at radius 1 is 1.10 bits per heavy atom. The van der Waals surface area contributed by atoms with Crippen LogP contribution in [0.4, 0.5) is 8.78 Å². The van der Waals surface area contributed by atoms with Crippen LogP contribution in [0, 0.1) is 11.6 Å². The lowest BCUT2D eigenvalue weighted by Gasteiger charge is -2.15. The van der Waals surface area contributed by atoms with Gasteiger partial charge >= 0.3 is 0 Å². The standard InChI is InChI=1S/C15H10BrClF2O/c16-14(9-4-11(18)7-12(19)5-9)13-6-10(17)3-8-1-2-20-15(8)13/h3-7,14H,1-2H2. The normalized spacial score (nSPS) is 14.8. The molecule has 1 heterocycles. The molecule has 1 unspecified atom stereocenters. The van der Waals surface area contributed by atoms with E-state index in [9.17, 15) is 8.78 Å². The van der Waals surface area contributed by atoms with Crippen LogP contribution in [-0.4, -0.2) is 6.61 Å². The Hall–Kier alpha value is -1.13. The Bertz CT molecular complexity index is 655. The minimum atomic E-state index is -0.607. The fourth-order valence-electron chi connectivity index (χ4n) is 2.39. The van der Waals surface area contributed by atoms with E-state index in [2.05, 4.69) is 15.9 Å². The van der Waals surface area contributed by atoms with Crippen LogP contribution in [0.25, 0.3) is 0 Å². The number of hydrogen-bond donors (Lipinski definition) is 0. The maximum absolute atomic E-state index is 13.3. The summed E-state index contributed by atoms with van der Waals surface area (Å²) in [4.78, 5) is -0.377. The van der Waals surface area contributed by atoms with E-state index in [1.54, 1.807) is 6.07 Å². The number of halogens is 4. The molecule has 0 fully saturated rings. The predicted molar refractivity (Wildman–Crippen MR) is 77.8 cm³/mol. The quantitative estimate of drug-likeness (QED) is 0.683. The van der Waals surface area contributed by atoms with Crippen LogP contribution in [0.15, 0.2) is 30.3 Å². The Balaban J connectivity index is 2.08. The average molecular weight is 360 g/mol. The first-order valence-corrected chi connectivity index (χ1v) is 7.39. The van der Waals surface area contributed by atoms with Gasteiger partial charge < -0.3 is 4.74 Å². The van der Waals surface area contributed by atoms with Crippen molar-refractivity contribution >= 4 is 27.5 Å². The topological polar surface area (TPSA) is 9.23 Å². The second-order valence-electron chi connectivity index (χ2n) is 4.65. The first kappa shape index (κ1) is 13.8. The lowest BCUT2D eigenvalue weighted by atomic mass is 10.0. The van der Waals surface area contributed by atoms with Crippen molar-refractivity contribution in [2.24, 2.45) is 0 Å². The molecule has 1 aliphatic rings. The SMILES string of the molecule is Fc1cc(F)cc(C(Br)c2cc(Cl)cc3c2OCC3)c1. The summed E-state index contributed by atoms with van der Waals surface area (Å²) in [5.41, 5.74) is 2.30. The first-order chi connectivity index (χ1) is 9.54. The summed E-state index contributed by atoms with van der Waals surface area (Å²) in [7, 11) is 0. The fourth-order valence-corrected chi connectivity index (χ4v) is 3.24. The van der Waals surface area contributed by atoms with Gasteiger partial charge in [-0.3, -0.25) is 0 Å². The third kappa shape index (κ3) is 2.54. The van der Waals surface area contributed by atoms with Crippen molar-refractivity contribution in [2.75, 3.05) is 6.61 Å². The predicted octanol–water partition coefficient (Wildman–Crippen LogP) is 5.04. The van der Waals surface area contributed by atoms with Gasteiger partial charge in [0.25, 0.3) is 0 Å². The van der Waals surface area contributed by atoms with Crippen LogP contribution in [0.5, 0.6) is 5.75 Å². The van der Waals surface area contributed by atoms with Crippen LogP contribution < -0.4 is 4.74 Å². The Morgan fingerprint density at radius 2 is 1.80 bits per heavy atom. The summed E-state index contributed by atoms with van der Waals surface area (Å²) >= 11 is 9.58. The number of ether oxygens (including phenoxy) is 1. The molecule has 0 aromatic heterocycles. The van der Waals surface area contributed by atoms with Gasteiger partial charge in [-0.1, -0.05) is 27.5 Å². The second kappa shape index (κ2) is 5.34. The number of benzene rings is 2. The molecule has 0 radical (unpaired) electrons. The Kier molecular flexibility index (Phi) is 3.69. The lowest BCUT2D eigenvalue weighted by Crippen LogP contribution is -1.98. The summed E-state index contributed by atoms with van der Waals surface area (Å²) in [5.74, 6) is -0.464. The van der Waals surface area contributed by atoms with E-state index in [0.29, 0.717) is 17.2 Å². The molecule has 1 nitrogen and oxygen atoms in total. The van der Waals surface area contributed by atoms with Crippen LogP contribution in [-0.2, 0) is 6.42 Å². The summed E-state index contributed by atoms with van der Waals surface area (Å²) in [6.45, 7) is 0.597. The van der Waals surface area contributed by atoms with Crippen molar-refractivity contribution in [1.82, 2.24) is 0 Å². The highest BCUT2D eigenvalue weighted by atomic mass is 79.9. The summed E-state index contributed by atoms with van der Waals surface area (Å²) in [5, 5.41) is 0.588. The second-order valence-corrected chi connectivity index (χ2v) is 6.00. The minimum absolute atomic E-state index is 0.377. The first-order valence-electron chi connectivity index (χ1n) is 6.10. The fraction of sp³-hybridized carbons (Fsp3) is 0.200. The highest BCUT2D eigenvalue weighted by Crippen LogP contribution is 2.42. The molecule has 20 heavy (non-hydrogen) atoms. The molecule has 104 valence electrons. The van der Waals surface area contributed by atoms with E-state index >= 15 is 0 Å². The smallest absolute Gasteiger partial charge is 0.127 e. The van der Waals surface area contributed by atoms with E-state index in [1.165, 1.54) is 12.1 Å². The summed E-state index contributed by atoms with van der Waals surface area (Å²) in [6, 6.07) is 7.06. The van der Waals surface area contributed by atoms with E-state index in [1.807, 2.05) is 6.07 Å². The molecule has 2 aromatic carbocycles. The van der Waals surface area contributed by atoms with Gasteiger partial charge in [0.2, 0.25) is 0 Å². The van der Waals surface area contributed by atoms with Crippen LogP contribution in [0.3, 0.4) is 0 Å². The van der Waals surface area contributed by atoms with Crippen molar-refractivity contribution in [3.05, 3.63) is 63.7 Å². The van der Waals surface area contributed by atoms with Gasteiger partial charge in [0.05, 0.1) is 11.4 Å². The van der Waals surface area contributed by atoms with Gasteiger partial charge in [0, 0.05) is 23.1 Å².